The Kier molecular flexibility index (Phi) is 6.64. The van der Waals surface area contributed by atoms with Crippen molar-refractivity contribution in [2.24, 2.45) is 5.92 Å². The molecule has 1 aromatic rings. The summed E-state index contributed by atoms with van der Waals surface area (Å²) in [7, 11) is 1.64. The first kappa shape index (κ1) is 18.3. The fourth-order valence-corrected chi connectivity index (χ4v) is 3.30. The number of piperidine rings is 1. The fourth-order valence-electron chi connectivity index (χ4n) is 3.30. The van der Waals surface area contributed by atoms with E-state index in [-0.39, 0.29) is 18.2 Å². The standard InChI is InChI=1S/C19H27NO4/c1-14(16-6-8-17(24-2)9-7-16)12-18(21)20-11-3-4-15(13-20)5-10-19(22)23/h6-9,14-15H,3-5,10-13H2,1-2H3,(H,22,23)/t14-,15-/m1/s1. The first-order valence-electron chi connectivity index (χ1n) is 8.63. The van der Waals surface area contributed by atoms with E-state index in [0.29, 0.717) is 25.3 Å². The van der Waals surface area contributed by atoms with Crippen LogP contribution in [0.25, 0.3) is 0 Å². The third-order valence-electron chi connectivity index (χ3n) is 4.80. The number of carboxylic acid groups (broad SMARTS) is 1. The Balaban J connectivity index is 1.87. The van der Waals surface area contributed by atoms with Crippen LogP contribution in [0.4, 0.5) is 0 Å². The zero-order valence-electron chi connectivity index (χ0n) is 14.5. The van der Waals surface area contributed by atoms with Crippen molar-refractivity contribution in [3.63, 3.8) is 0 Å². The molecule has 1 N–H and O–H groups in total. The summed E-state index contributed by atoms with van der Waals surface area (Å²) in [6.07, 6.45) is 3.32. The van der Waals surface area contributed by atoms with Gasteiger partial charge in [0.15, 0.2) is 0 Å². The molecule has 132 valence electrons. The van der Waals surface area contributed by atoms with E-state index in [2.05, 4.69) is 6.92 Å². The van der Waals surface area contributed by atoms with E-state index in [1.807, 2.05) is 29.2 Å². The smallest absolute Gasteiger partial charge is 0.303 e. The van der Waals surface area contributed by atoms with E-state index in [9.17, 15) is 9.59 Å². The summed E-state index contributed by atoms with van der Waals surface area (Å²) in [5.74, 6) is 0.692. The van der Waals surface area contributed by atoms with E-state index in [0.717, 1.165) is 30.7 Å². The maximum absolute atomic E-state index is 12.6. The van der Waals surface area contributed by atoms with Crippen molar-refractivity contribution in [2.75, 3.05) is 20.2 Å². The molecule has 1 amide bonds. The number of carboxylic acids is 1. The average Bonchev–Trinajstić information content (AvgIpc) is 2.60. The van der Waals surface area contributed by atoms with Crippen molar-refractivity contribution in [1.29, 1.82) is 0 Å². The van der Waals surface area contributed by atoms with Crippen LogP contribution in [0.5, 0.6) is 5.75 Å². The number of likely N-dealkylation sites (tertiary alicyclic amines) is 1. The van der Waals surface area contributed by atoms with Gasteiger partial charge in [0, 0.05) is 25.9 Å². The summed E-state index contributed by atoms with van der Waals surface area (Å²) in [6.45, 7) is 3.55. The molecule has 0 saturated carbocycles. The van der Waals surface area contributed by atoms with Crippen LogP contribution in [0.15, 0.2) is 24.3 Å². The van der Waals surface area contributed by atoms with Crippen LogP contribution in [-0.4, -0.2) is 42.1 Å². The average molecular weight is 333 g/mol. The summed E-state index contributed by atoms with van der Waals surface area (Å²) in [6, 6.07) is 7.84. The monoisotopic (exact) mass is 333 g/mol. The van der Waals surface area contributed by atoms with Gasteiger partial charge in [-0.3, -0.25) is 9.59 Å². The van der Waals surface area contributed by atoms with Crippen LogP contribution in [0.3, 0.4) is 0 Å². The number of benzene rings is 1. The number of hydrogen-bond donors (Lipinski definition) is 1. The molecule has 2 atom stereocenters. The highest BCUT2D eigenvalue weighted by atomic mass is 16.5. The molecule has 1 aliphatic heterocycles. The summed E-state index contributed by atoms with van der Waals surface area (Å²) in [5, 5.41) is 8.81. The molecule has 1 aliphatic rings. The van der Waals surface area contributed by atoms with Crippen LogP contribution in [0, 0.1) is 5.92 Å². The Labute approximate surface area is 143 Å². The Bertz CT molecular complexity index is 555. The minimum absolute atomic E-state index is 0.155. The lowest BCUT2D eigenvalue weighted by molar-refractivity contribution is -0.137. The molecule has 24 heavy (non-hydrogen) atoms. The van der Waals surface area contributed by atoms with Gasteiger partial charge in [0.25, 0.3) is 0 Å². The minimum atomic E-state index is -0.758. The van der Waals surface area contributed by atoms with Gasteiger partial charge in [-0.25, -0.2) is 0 Å². The molecule has 0 aromatic heterocycles. The van der Waals surface area contributed by atoms with Crippen LogP contribution in [0.1, 0.15) is 50.5 Å². The second-order valence-electron chi connectivity index (χ2n) is 6.66. The maximum atomic E-state index is 12.6. The third-order valence-corrected chi connectivity index (χ3v) is 4.80. The van der Waals surface area contributed by atoms with Crippen molar-refractivity contribution in [3.05, 3.63) is 29.8 Å². The molecule has 2 rings (SSSR count). The molecule has 0 unspecified atom stereocenters. The second-order valence-corrected chi connectivity index (χ2v) is 6.66. The number of carbonyl (C=O) groups excluding carboxylic acids is 1. The summed E-state index contributed by atoms with van der Waals surface area (Å²) >= 11 is 0. The largest absolute Gasteiger partial charge is 0.497 e. The van der Waals surface area contributed by atoms with E-state index < -0.39 is 5.97 Å². The molecular formula is C19H27NO4. The Morgan fingerprint density at radius 1 is 1.33 bits per heavy atom. The fraction of sp³-hybridized carbons (Fsp3) is 0.579. The number of aliphatic carboxylic acids is 1. The number of methoxy groups -OCH3 is 1. The zero-order chi connectivity index (χ0) is 17.5. The molecule has 5 nitrogen and oxygen atoms in total. The Morgan fingerprint density at radius 2 is 2.04 bits per heavy atom. The van der Waals surface area contributed by atoms with Crippen molar-refractivity contribution in [2.45, 2.75) is 44.9 Å². The predicted octanol–water partition coefficient (Wildman–Crippen LogP) is 3.29. The van der Waals surface area contributed by atoms with Gasteiger partial charge in [0.05, 0.1) is 7.11 Å². The van der Waals surface area contributed by atoms with Gasteiger partial charge in [0.1, 0.15) is 5.75 Å². The molecule has 1 aromatic carbocycles. The lowest BCUT2D eigenvalue weighted by Gasteiger charge is -2.33. The van der Waals surface area contributed by atoms with Crippen molar-refractivity contribution in [1.82, 2.24) is 4.90 Å². The van der Waals surface area contributed by atoms with E-state index >= 15 is 0 Å². The summed E-state index contributed by atoms with van der Waals surface area (Å²) in [4.78, 5) is 25.2. The summed E-state index contributed by atoms with van der Waals surface area (Å²) in [5.41, 5.74) is 1.13. The number of amides is 1. The lowest BCUT2D eigenvalue weighted by Crippen LogP contribution is -2.40. The number of ether oxygens (including phenoxy) is 1. The molecule has 0 spiro atoms. The van der Waals surface area contributed by atoms with E-state index in [1.165, 1.54) is 0 Å². The van der Waals surface area contributed by atoms with Crippen LogP contribution < -0.4 is 4.74 Å². The highest BCUT2D eigenvalue weighted by Crippen LogP contribution is 2.25. The van der Waals surface area contributed by atoms with Gasteiger partial charge in [0.2, 0.25) is 5.91 Å². The first-order valence-corrected chi connectivity index (χ1v) is 8.63. The highest BCUT2D eigenvalue weighted by Gasteiger charge is 2.25. The third kappa shape index (κ3) is 5.25. The zero-order valence-corrected chi connectivity index (χ0v) is 14.5. The number of hydrogen-bond acceptors (Lipinski definition) is 3. The van der Waals surface area contributed by atoms with Gasteiger partial charge in [-0.05, 0) is 48.8 Å². The van der Waals surface area contributed by atoms with Gasteiger partial charge >= 0.3 is 5.97 Å². The second kappa shape index (κ2) is 8.71. The predicted molar refractivity (Wildman–Crippen MR) is 92.2 cm³/mol. The first-order chi connectivity index (χ1) is 11.5. The topological polar surface area (TPSA) is 66.8 Å². The minimum Gasteiger partial charge on any atom is -0.497 e. The molecule has 1 heterocycles. The molecule has 5 heteroatoms. The molecule has 0 radical (unpaired) electrons. The number of nitrogens with zero attached hydrogens (tertiary/aromatic N) is 1. The summed E-state index contributed by atoms with van der Waals surface area (Å²) < 4.78 is 5.16. The van der Waals surface area contributed by atoms with Gasteiger partial charge in [-0.2, -0.15) is 0 Å². The lowest BCUT2D eigenvalue weighted by atomic mass is 9.92. The Hall–Kier alpha value is -2.04. The van der Waals surface area contributed by atoms with Crippen LogP contribution in [-0.2, 0) is 9.59 Å². The molecule has 1 fully saturated rings. The van der Waals surface area contributed by atoms with E-state index in [4.69, 9.17) is 9.84 Å². The van der Waals surface area contributed by atoms with Gasteiger partial charge in [-0.1, -0.05) is 19.1 Å². The van der Waals surface area contributed by atoms with Crippen LogP contribution in [0.2, 0.25) is 0 Å². The van der Waals surface area contributed by atoms with Crippen molar-refractivity contribution >= 4 is 11.9 Å². The highest BCUT2D eigenvalue weighted by molar-refractivity contribution is 5.77. The van der Waals surface area contributed by atoms with Gasteiger partial charge < -0.3 is 14.7 Å². The van der Waals surface area contributed by atoms with Crippen molar-refractivity contribution < 1.29 is 19.4 Å². The number of carbonyl (C=O) groups is 2. The molecule has 0 aliphatic carbocycles. The number of rotatable bonds is 7. The van der Waals surface area contributed by atoms with Gasteiger partial charge in [-0.15, -0.1) is 0 Å². The Morgan fingerprint density at radius 3 is 2.67 bits per heavy atom. The molecule has 1 saturated heterocycles. The SMILES string of the molecule is COc1ccc([C@H](C)CC(=O)N2CCC[C@H](CCC(=O)O)C2)cc1. The normalized spacial score (nSPS) is 18.9. The maximum Gasteiger partial charge on any atom is 0.303 e. The van der Waals surface area contributed by atoms with E-state index in [1.54, 1.807) is 7.11 Å². The van der Waals surface area contributed by atoms with Crippen molar-refractivity contribution in [3.8, 4) is 5.75 Å². The molecular weight excluding hydrogens is 306 g/mol. The quantitative estimate of drug-likeness (QED) is 0.831. The molecule has 0 bridgehead atoms. The van der Waals surface area contributed by atoms with Crippen LogP contribution >= 0.6 is 0 Å².